The fraction of sp³-hybridized carbons (Fsp3) is 0.105. The van der Waals surface area contributed by atoms with Crippen LogP contribution in [0.4, 0.5) is 8.78 Å². The van der Waals surface area contributed by atoms with E-state index in [9.17, 15) is 28.7 Å². The fourth-order valence-electron chi connectivity index (χ4n) is 2.79. The normalized spacial score (nSPS) is 10.6. The number of carbonyl (C=O) groups is 2. The van der Waals surface area contributed by atoms with Gasteiger partial charge in [-0.25, -0.2) is 13.8 Å². The van der Waals surface area contributed by atoms with Crippen molar-refractivity contribution in [1.82, 2.24) is 9.97 Å². The number of hydrogen-bond acceptors (Lipinski definition) is 6. The number of aliphatic carboxylic acids is 1. The minimum Gasteiger partial charge on any atom is -0.504 e. The summed E-state index contributed by atoms with van der Waals surface area (Å²) in [6.07, 6.45) is 0.644. The van der Waals surface area contributed by atoms with Gasteiger partial charge in [-0.3, -0.25) is 14.6 Å². The summed E-state index contributed by atoms with van der Waals surface area (Å²) in [5.41, 5.74) is -1.42. The lowest BCUT2D eigenvalue weighted by Gasteiger charge is -2.12. The highest BCUT2D eigenvalue weighted by Crippen LogP contribution is 2.36. The molecule has 140 valence electrons. The summed E-state index contributed by atoms with van der Waals surface area (Å²) < 4.78 is 28.4. The molecule has 1 aromatic carbocycles. The Balaban J connectivity index is 2.32. The van der Waals surface area contributed by atoms with Crippen molar-refractivity contribution in [2.45, 2.75) is 12.8 Å². The number of Topliss-reactive ketones (excluding diaryl/α,β-unsaturated/α-hetero) is 1. The number of carboxylic acids is 1. The van der Waals surface area contributed by atoms with Crippen LogP contribution in [0.1, 0.15) is 28.9 Å². The fourth-order valence-corrected chi connectivity index (χ4v) is 2.79. The van der Waals surface area contributed by atoms with Crippen molar-refractivity contribution < 1.29 is 28.6 Å². The monoisotopic (exact) mass is 383 g/mol. The standard InChI is InChI=1S/C19H11F2N3O4/c20-12-7-23-8-13(21)16(12)10-3-1-2-9-11(6-22)19(28)18(24-17(9)10)14(25)4-5-15(26)27/h1-3,7-8,28H,4-5H2,(H,26,27). The van der Waals surface area contributed by atoms with Crippen molar-refractivity contribution in [1.29, 1.82) is 5.26 Å². The minimum atomic E-state index is -1.23. The van der Waals surface area contributed by atoms with Crippen molar-refractivity contribution in [2.75, 3.05) is 0 Å². The number of aromatic hydroxyl groups is 1. The van der Waals surface area contributed by atoms with Gasteiger partial charge in [-0.1, -0.05) is 18.2 Å². The number of halogens is 2. The molecule has 0 saturated carbocycles. The van der Waals surface area contributed by atoms with Crippen molar-refractivity contribution in [3.63, 3.8) is 0 Å². The van der Waals surface area contributed by atoms with Gasteiger partial charge in [0.05, 0.1) is 29.9 Å². The van der Waals surface area contributed by atoms with Gasteiger partial charge in [0.25, 0.3) is 0 Å². The van der Waals surface area contributed by atoms with Crippen LogP contribution in [0.5, 0.6) is 5.75 Å². The number of benzene rings is 1. The summed E-state index contributed by atoms with van der Waals surface area (Å²) in [6, 6.07) is 5.93. The third-order valence-electron chi connectivity index (χ3n) is 4.05. The Kier molecular flexibility index (Phi) is 4.96. The Bertz CT molecular complexity index is 1150. The molecule has 2 heterocycles. The number of nitriles is 1. The van der Waals surface area contributed by atoms with E-state index in [4.69, 9.17) is 5.11 Å². The van der Waals surface area contributed by atoms with Crippen molar-refractivity contribution in [3.8, 4) is 22.9 Å². The van der Waals surface area contributed by atoms with Crippen LogP contribution in [0.2, 0.25) is 0 Å². The molecule has 0 atom stereocenters. The molecular weight excluding hydrogens is 372 g/mol. The molecule has 0 aliphatic rings. The molecule has 0 bridgehead atoms. The number of hydrogen-bond donors (Lipinski definition) is 2. The highest BCUT2D eigenvalue weighted by molar-refractivity contribution is 6.05. The smallest absolute Gasteiger partial charge is 0.303 e. The summed E-state index contributed by atoms with van der Waals surface area (Å²) >= 11 is 0. The second kappa shape index (κ2) is 7.36. The molecule has 2 N–H and O–H groups in total. The molecule has 3 aromatic rings. The first-order chi connectivity index (χ1) is 13.3. The molecule has 9 heteroatoms. The predicted octanol–water partition coefficient (Wildman–Crippen LogP) is 3.20. The van der Waals surface area contributed by atoms with Crippen LogP contribution in [-0.4, -0.2) is 31.9 Å². The van der Waals surface area contributed by atoms with Gasteiger partial charge in [-0.15, -0.1) is 0 Å². The molecule has 7 nitrogen and oxygen atoms in total. The number of carboxylic acid groups (broad SMARTS) is 1. The van der Waals surface area contributed by atoms with Crippen LogP contribution in [0.25, 0.3) is 22.0 Å². The van der Waals surface area contributed by atoms with E-state index in [0.29, 0.717) is 0 Å². The lowest BCUT2D eigenvalue weighted by Crippen LogP contribution is -2.08. The molecule has 0 saturated heterocycles. The summed E-state index contributed by atoms with van der Waals surface area (Å²) in [5.74, 6) is -4.70. The summed E-state index contributed by atoms with van der Waals surface area (Å²) in [5, 5.41) is 28.5. The summed E-state index contributed by atoms with van der Waals surface area (Å²) in [6.45, 7) is 0. The number of para-hydroxylation sites is 1. The first kappa shape index (κ1) is 18.8. The van der Waals surface area contributed by atoms with Crippen molar-refractivity contribution in [3.05, 3.63) is 53.5 Å². The number of fused-ring (bicyclic) bond motifs is 1. The Labute approximate surface area is 156 Å². The zero-order valence-electron chi connectivity index (χ0n) is 14.1. The number of nitrogens with zero attached hydrogens (tertiary/aromatic N) is 3. The molecule has 0 aliphatic heterocycles. The average molecular weight is 383 g/mol. The Hall–Kier alpha value is -3.93. The van der Waals surface area contributed by atoms with E-state index in [-0.39, 0.29) is 22.0 Å². The molecule has 0 fully saturated rings. The molecule has 0 radical (unpaired) electrons. The highest BCUT2D eigenvalue weighted by Gasteiger charge is 2.23. The van der Waals surface area contributed by atoms with Gasteiger partial charge in [-0.05, 0) is 0 Å². The summed E-state index contributed by atoms with van der Waals surface area (Å²) in [4.78, 5) is 30.4. The van der Waals surface area contributed by atoms with Crippen LogP contribution < -0.4 is 0 Å². The van der Waals surface area contributed by atoms with Gasteiger partial charge in [-0.2, -0.15) is 5.26 Å². The largest absolute Gasteiger partial charge is 0.504 e. The van der Waals surface area contributed by atoms with Gasteiger partial charge < -0.3 is 10.2 Å². The first-order valence-corrected chi connectivity index (χ1v) is 7.95. The number of aromatic nitrogens is 2. The van der Waals surface area contributed by atoms with E-state index >= 15 is 0 Å². The second-order valence-corrected chi connectivity index (χ2v) is 5.79. The van der Waals surface area contributed by atoms with Gasteiger partial charge in [0.15, 0.2) is 23.2 Å². The van der Waals surface area contributed by atoms with Gasteiger partial charge >= 0.3 is 5.97 Å². The molecule has 0 spiro atoms. The first-order valence-electron chi connectivity index (χ1n) is 7.95. The van der Waals surface area contributed by atoms with Crippen LogP contribution in [0, 0.1) is 23.0 Å². The quantitative estimate of drug-likeness (QED) is 0.648. The lowest BCUT2D eigenvalue weighted by molar-refractivity contribution is -0.136. The number of ketones is 1. The van der Waals surface area contributed by atoms with E-state index in [1.807, 2.05) is 0 Å². The van der Waals surface area contributed by atoms with Crippen LogP contribution in [0.15, 0.2) is 30.6 Å². The predicted molar refractivity (Wildman–Crippen MR) is 92.5 cm³/mol. The Morgan fingerprint density at radius 1 is 1.14 bits per heavy atom. The number of pyridine rings is 2. The summed E-state index contributed by atoms with van der Waals surface area (Å²) in [7, 11) is 0. The number of carbonyl (C=O) groups excluding carboxylic acids is 1. The maximum Gasteiger partial charge on any atom is 0.303 e. The average Bonchev–Trinajstić information content (AvgIpc) is 2.65. The van der Waals surface area contributed by atoms with Gasteiger partial charge in [0, 0.05) is 17.4 Å². The highest BCUT2D eigenvalue weighted by atomic mass is 19.1. The van der Waals surface area contributed by atoms with E-state index in [0.717, 1.165) is 12.4 Å². The van der Waals surface area contributed by atoms with Gasteiger partial charge in [0.2, 0.25) is 0 Å². The van der Waals surface area contributed by atoms with Crippen LogP contribution in [0.3, 0.4) is 0 Å². The molecular formula is C19H11F2N3O4. The third-order valence-corrected chi connectivity index (χ3v) is 4.05. The van der Waals surface area contributed by atoms with Crippen molar-refractivity contribution >= 4 is 22.7 Å². The van der Waals surface area contributed by atoms with E-state index in [1.54, 1.807) is 6.07 Å². The van der Waals surface area contributed by atoms with E-state index in [2.05, 4.69) is 9.97 Å². The maximum atomic E-state index is 14.2. The number of rotatable bonds is 5. The lowest BCUT2D eigenvalue weighted by atomic mass is 9.97. The molecule has 0 aliphatic carbocycles. The maximum absolute atomic E-state index is 14.2. The molecule has 0 amide bonds. The molecule has 0 unspecified atom stereocenters. The SMILES string of the molecule is N#Cc1c(O)c(C(=O)CCC(=O)O)nc2c(-c3c(F)cncc3F)cccc12. The topological polar surface area (TPSA) is 124 Å². The Morgan fingerprint density at radius 2 is 1.82 bits per heavy atom. The van der Waals surface area contributed by atoms with E-state index in [1.165, 1.54) is 18.2 Å². The molecule has 3 rings (SSSR count). The molecule has 2 aromatic heterocycles. The molecule has 28 heavy (non-hydrogen) atoms. The second-order valence-electron chi connectivity index (χ2n) is 5.79. The zero-order valence-corrected chi connectivity index (χ0v) is 14.1. The van der Waals surface area contributed by atoms with Crippen LogP contribution >= 0.6 is 0 Å². The Morgan fingerprint density at radius 3 is 2.43 bits per heavy atom. The van der Waals surface area contributed by atoms with E-state index < -0.39 is 53.2 Å². The third kappa shape index (κ3) is 3.23. The van der Waals surface area contributed by atoms with Crippen LogP contribution in [-0.2, 0) is 4.79 Å². The minimum absolute atomic E-state index is 0.0429. The zero-order chi connectivity index (χ0) is 20.4. The van der Waals surface area contributed by atoms with Crippen molar-refractivity contribution in [2.24, 2.45) is 0 Å². The van der Waals surface area contributed by atoms with Gasteiger partial charge in [0.1, 0.15) is 17.3 Å².